The second-order valence-corrected chi connectivity index (χ2v) is 7.55. The summed E-state index contributed by atoms with van der Waals surface area (Å²) in [6.07, 6.45) is 0. The van der Waals surface area contributed by atoms with Gasteiger partial charge in [-0.1, -0.05) is 48.5 Å². The Bertz CT molecular complexity index is 795. The summed E-state index contributed by atoms with van der Waals surface area (Å²) in [6.45, 7) is 0.630. The Morgan fingerprint density at radius 2 is 1.31 bits per heavy atom. The minimum absolute atomic E-state index is 0.244. The minimum atomic E-state index is -0.386. The lowest BCUT2D eigenvalue weighted by Crippen LogP contribution is -2.15. The SMILES string of the molecule is COCCOC(=O)c1ccccc1[S+](c1ccccc1)c1ccccc1. The van der Waals surface area contributed by atoms with Crippen molar-refractivity contribution in [3.05, 3.63) is 90.5 Å². The molecule has 3 rings (SSSR count). The van der Waals surface area contributed by atoms with Crippen LogP contribution in [-0.2, 0) is 20.4 Å². The number of carbonyl (C=O) groups excluding carboxylic acids is 1. The van der Waals surface area contributed by atoms with Gasteiger partial charge >= 0.3 is 5.97 Å². The first-order valence-electron chi connectivity index (χ1n) is 8.40. The summed E-state index contributed by atoms with van der Waals surface area (Å²) in [5.74, 6) is -0.318. The van der Waals surface area contributed by atoms with E-state index in [4.69, 9.17) is 9.47 Å². The molecule has 3 aromatic rings. The fourth-order valence-corrected chi connectivity index (χ4v) is 4.84. The van der Waals surface area contributed by atoms with Crippen LogP contribution in [0.25, 0.3) is 0 Å². The molecule has 0 atom stereocenters. The highest BCUT2D eigenvalue weighted by Crippen LogP contribution is 2.33. The molecule has 0 unspecified atom stereocenters. The summed E-state index contributed by atoms with van der Waals surface area (Å²) < 4.78 is 10.3. The van der Waals surface area contributed by atoms with Crippen LogP contribution in [0.1, 0.15) is 10.4 Å². The van der Waals surface area contributed by atoms with Gasteiger partial charge in [-0.25, -0.2) is 4.79 Å². The van der Waals surface area contributed by atoms with E-state index in [1.54, 1.807) is 7.11 Å². The van der Waals surface area contributed by atoms with Crippen molar-refractivity contribution in [3.8, 4) is 0 Å². The lowest BCUT2D eigenvalue weighted by molar-refractivity contribution is 0.0384. The fraction of sp³-hybridized carbons (Fsp3) is 0.136. The molecule has 0 saturated carbocycles. The topological polar surface area (TPSA) is 35.5 Å². The van der Waals surface area contributed by atoms with Crippen molar-refractivity contribution in [3.63, 3.8) is 0 Å². The number of hydrogen-bond acceptors (Lipinski definition) is 3. The van der Waals surface area contributed by atoms with Crippen LogP contribution in [0.5, 0.6) is 0 Å². The second-order valence-electron chi connectivity index (χ2n) is 5.56. The Hall–Kier alpha value is -2.56. The average Bonchev–Trinajstić information content (AvgIpc) is 2.70. The first-order chi connectivity index (χ1) is 12.8. The third-order valence-electron chi connectivity index (χ3n) is 3.81. The molecular formula is C22H21O3S+. The lowest BCUT2D eigenvalue weighted by Gasteiger charge is -2.11. The minimum Gasteiger partial charge on any atom is -0.460 e. The van der Waals surface area contributed by atoms with Gasteiger partial charge in [0.25, 0.3) is 0 Å². The molecule has 4 heteroatoms. The van der Waals surface area contributed by atoms with Gasteiger partial charge in [0.15, 0.2) is 14.7 Å². The summed E-state index contributed by atoms with van der Waals surface area (Å²) in [5.41, 5.74) is 0.597. The van der Waals surface area contributed by atoms with Crippen molar-refractivity contribution in [1.29, 1.82) is 0 Å². The van der Waals surface area contributed by atoms with E-state index in [0.29, 0.717) is 12.2 Å². The van der Waals surface area contributed by atoms with Crippen molar-refractivity contribution in [2.45, 2.75) is 14.7 Å². The van der Waals surface area contributed by atoms with Gasteiger partial charge in [0.1, 0.15) is 23.1 Å². The van der Waals surface area contributed by atoms with Crippen LogP contribution in [-0.4, -0.2) is 26.3 Å². The van der Waals surface area contributed by atoms with Gasteiger partial charge < -0.3 is 9.47 Å². The Labute approximate surface area is 156 Å². The van der Waals surface area contributed by atoms with E-state index in [1.807, 2.05) is 60.7 Å². The maximum Gasteiger partial charge on any atom is 0.343 e. The van der Waals surface area contributed by atoms with Crippen LogP contribution in [0, 0.1) is 0 Å². The molecular weight excluding hydrogens is 344 g/mol. The van der Waals surface area contributed by atoms with Crippen LogP contribution in [0.15, 0.2) is 99.6 Å². The first kappa shape index (κ1) is 18.2. The number of rotatable bonds is 7. The van der Waals surface area contributed by atoms with E-state index >= 15 is 0 Å². The quantitative estimate of drug-likeness (QED) is 0.349. The Kier molecular flexibility index (Phi) is 6.47. The van der Waals surface area contributed by atoms with Crippen LogP contribution < -0.4 is 0 Å². The molecule has 0 bridgehead atoms. The van der Waals surface area contributed by atoms with Gasteiger partial charge in [-0.2, -0.15) is 0 Å². The molecule has 0 aliphatic carbocycles. The van der Waals surface area contributed by atoms with Crippen molar-refractivity contribution >= 4 is 16.9 Å². The molecule has 0 aliphatic rings. The second kappa shape index (κ2) is 9.22. The normalized spacial score (nSPS) is 10.7. The molecule has 0 N–H and O–H groups in total. The third-order valence-corrected chi connectivity index (χ3v) is 6.09. The van der Waals surface area contributed by atoms with Gasteiger partial charge in [0.05, 0.1) is 6.61 Å². The van der Waals surface area contributed by atoms with Gasteiger partial charge in [-0.05, 0) is 36.4 Å². The highest BCUT2D eigenvalue weighted by molar-refractivity contribution is 7.97. The van der Waals surface area contributed by atoms with Crippen LogP contribution in [0.2, 0.25) is 0 Å². The van der Waals surface area contributed by atoms with Crippen LogP contribution in [0.3, 0.4) is 0 Å². The number of ether oxygens (including phenoxy) is 2. The zero-order chi connectivity index (χ0) is 18.2. The monoisotopic (exact) mass is 365 g/mol. The van der Waals surface area contributed by atoms with E-state index in [1.165, 1.54) is 0 Å². The van der Waals surface area contributed by atoms with Crippen LogP contribution >= 0.6 is 0 Å². The fourth-order valence-electron chi connectivity index (χ4n) is 2.61. The Morgan fingerprint density at radius 3 is 1.88 bits per heavy atom. The van der Waals surface area contributed by atoms with E-state index in [0.717, 1.165) is 14.7 Å². The number of carbonyl (C=O) groups is 1. The smallest absolute Gasteiger partial charge is 0.343 e. The van der Waals surface area contributed by atoms with Gasteiger partial charge in [0.2, 0.25) is 0 Å². The molecule has 26 heavy (non-hydrogen) atoms. The predicted molar refractivity (Wildman–Crippen MR) is 104 cm³/mol. The standard InChI is InChI=1S/C22H21O3S/c1-24-16-17-25-22(23)20-14-8-9-15-21(20)26(18-10-4-2-5-11-18)19-12-6-3-7-13-19/h2-15H,16-17H2,1H3/q+1. The molecule has 0 aromatic heterocycles. The van der Waals surface area contributed by atoms with Crippen molar-refractivity contribution in [2.24, 2.45) is 0 Å². The lowest BCUT2D eigenvalue weighted by atomic mass is 10.2. The summed E-state index contributed by atoms with van der Waals surface area (Å²) in [4.78, 5) is 15.9. The van der Waals surface area contributed by atoms with Crippen LogP contribution in [0.4, 0.5) is 0 Å². The maximum absolute atomic E-state index is 12.6. The maximum atomic E-state index is 12.6. The number of methoxy groups -OCH3 is 1. The zero-order valence-corrected chi connectivity index (χ0v) is 15.4. The highest BCUT2D eigenvalue weighted by atomic mass is 32.2. The van der Waals surface area contributed by atoms with E-state index < -0.39 is 0 Å². The van der Waals surface area contributed by atoms with Crippen molar-refractivity contribution in [2.75, 3.05) is 20.3 Å². The molecule has 0 spiro atoms. The largest absolute Gasteiger partial charge is 0.460 e. The molecule has 132 valence electrons. The average molecular weight is 365 g/mol. The molecule has 0 aliphatic heterocycles. The molecule has 0 amide bonds. The summed E-state index contributed by atoms with van der Waals surface area (Å²) in [5, 5.41) is 0. The number of benzene rings is 3. The van der Waals surface area contributed by atoms with Gasteiger partial charge in [-0.3, -0.25) is 0 Å². The number of hydrogen-bond donors (Lipinski definition) is 0. The summed E-state index contributed by atoms with van der Waals surface area (Å²) in [7, 11) is 1.20. The summed E-state index contributed by atoms with van der Waals surface area (Å²) >= 11 is 0. The van der Waals surface area contributed by atoms with Gasteiger partial charge in [0, 0.05) is 7.11 Å². The van der Waals surface area contributed by atoms with Crippen molar-refractivity contribution < 1.29 is 14.3 Å². The van der Waals surface area contributed by atoms with E-state index in [2.05, 4.69) is 24.3 Å². The van der Waals surface area contributed by atoms with E-state index in [9.17, 15) is 4.79 Å². The molecule has 3 nitrogen and oxygen atoms in total. The Morgan fingerprint density at radius 1 is 0.769 bits per heavy atom. The molecule has 3 aromatic carbocycles. The summed E-state index contributed by atoms with van der Waals surface area (Å²) in [6, 6.07) is 28.2. The third kappa shape index (κ3) is 4.34. The molecule has 0 saturated heterocycles. The molecule has 0 heterocycles. The molecule has 0 radical (unpaired) electrons. The number of esters is 1. The van der Waals surface area contributed by atoms with E-state index in [-0.39, 0.29) is 23.5 Å². The zero-order valence-electron chi connectivity index (χ0n) is 14.6. The predicted octanol–water partition coefficient (Wildman–Crippen LogP) is 4.59. The first-order valence-corrected chi connectivity index (χ1v) is 9.63. The highest BCUT2D eigenvalue weighted by Gasteiger charge is 2.33. The van der Waals surface area contributed by atoms with Crippen molar-refractivity contribution in [1.82, 2.24) is 0 Å². The van der Waals surface area contributed by atoms with Gasteiger partial charge in [-0.15, -0.1) is 0 Å². The Balaban J connectivity index is 2.04. The molecule has 0 fully saturated rings.